The van der Waals surface area contributed by atoms with E-state index in [1.165, 1.54) is 0 Å². The molecule has 0 saturated carbocycles. The van der Waals surface area contributed by atoms with Crippen LogP contribution in [-0.4, -0.2) is 69.0 Å². The summed E-state index contributed by atoms with van der Waals surface area (Å²) in [4.78, 5) is 38.7. The van der Waals surface area contributed by atoms with Crippen LogP contribution >= 0.6 is 0 Å². The van der Waals surface area contributed by atoms with E-state index in [4.69, 9.17) is 0 Å². The lowest BCUT2D eigenvalue weighted by Crippen LogP contribution is -2.44. The number of amides is 1. The summed E-state index contributed by atoms with van der Waals surface area (Å²) in [6, 6.07) is 13.7. The van der Waals surface area contributed by atoms with Gasteiger partial charge < -0.3 is 14.8 Å². The van der Waals surface area contributed by atoms with Crippen molar-refractivity contribution >= 4 is 39.6 Å². The van der Waals surface area contributed by atoms with Crippen LogP contribution in [0.5, 0.6) is 0 Å². The zero-order valence-corrected chi connectivity index (χ0v) is 20.2. The second-order valence-electron chi connectivity index (χ2n) is 9.23. The molecule has 0 aliphatic carbocycles. The molecule has 36 heavy (non-hydrogen) atoms. The molecule has 0 unspecified atom stereocenters. The topological polar surface area (TPSA) is 103 Å². The van der Waals surface area contributed by atoms with Gasteiger partial charge in [0.1, 0.15) is 11.5 Å². The summed E-state index contributed by atoms with van der Waals surface area (Å²) >= 11 is 0. The van der Waals surface area contributed by atoms with Gasteiger partial charge in [0, 0.05) is 72.4 Å². The number of nitrogens with zero attached hydrogens (tertiary/aromatic N) is 6. The number of hydrogen-bond donors (Lipinski definition) is 2. The highest BCUT2D eigenvalue weighted by molar-refractivity contribution is 6.04. The van der Waals surface area contributed by atoms with E-state index in [2.05, 4.69) is 59.2 Å². The minimum atomic E-state index is -0.263. The second kappa shape index (κ2) is 9.01. The number of H-pyrrole nitrogens is 1. The molecule has 6 rings (SSSR count). The van der Waals surface area contributed by atoms with E-state index in [0.29, 0.717) is 5.56 Å². The fourth-order valence-corrected chi connectivity index (χ4v) is 4.52. The van der Waals surface area contributed by atoms with Gasteiger partial charge in [-0.1, -0.05) is 12.1 Å². The number of pyridine rings is 2. The summed E-state index contributed by atoms with van der Waals surface area (Å²) in [5, 5.41) is 4.80. The van der Waals surface area contributed by atoms with E-state index in [1.807, 2.05) is 37.4 Å². The van der Waals surface area contributed by atoms with E-state index < -0.39 is 0 Å². The SMILES string of the molecule is Cc1cc2cc(-c3ccc4cnc(NC(=O)c5ccnc(N6CCN(C)CC6)c5)nc4c3)cnc2[nH]1. The summed E-state index contributed by atoms with van der Waals surface area (Å²) in [6.45, 7) is 5.73. The van der Waals surface area contributed by atoms with E-state index in [-0.39, 0.29) is 11.9 Å². The molecule has 1 aromatic carbocycles. The third kappa shape index (κ3) is 4.36. The first-order valence-corrected chi connectivity index (χ1v) is 12.0. The third-order valence-corrected chi connectivity index (χ3v) is 6.58. The number of rotatable bonds is 4. The van der Waals surface area contributed by atoms with Crippen LogP contribution in [-0.2, 0) is 0 Å². The average molecular weight is 479 g/mol. The van der Waals surface area contributed by atoms with Crippen molar-refractivity contribution in [2.75, 3.05) is 43.4 Å². The van der Waals surface area contributed by atoms with Gasteiger partial charge in [-0.3, -0.25) is 10.1 Å². The number of nitrogens with one attached hydrogen (secondary N) is 2. The van der Waals surface area contributed by atoms with Crippen LogP contribution in [0.4, 0.5) is 11.8 Å². The largest absolute Gasteiger partial charge is 0.354 e. The fourth-order valence-electron chi connectivity index (χ4n) is 4.52. The molecule has 1 saturated heterocycles. The van der Waals surface area contributed by atoms with Crippen LogP contribution in [0.3, 0.4) is 0 Å². The highest BCUT2D eigenvalue weighted by Crippen LogP contribution is 2.26. The number of anilines is 2. The molecule has 0 bridgehead atoms. The molecule has 0 spiro atoms. The Labute approximate surface area is 208 Å². The van der Waals surface area contributed by atoms with Gasteiger partial charge >= 0.3 is 0 Å². The Morgan fingerprint density at radius 1 is 0.917 bits per heavy atom. The van der Waals surface area contributed by atoms with Crippen LogP contribution in [0.1, 0.15) is 16.1 Å². The molecule has 5 heterocycles. The Hall–Kier alpha value is -4.37. The lowest BCUT2D eigenvalue weighted by atomic mass is 10.1. The third-order valence-electron chi connectivity index (χ3n) is 6.58. The first-order valence-electron chi connectivity index (χ1n) is 12.0. The zero-order valence-electron chi connectivity index (χ0n) is 20.2. The molecule has 0 radical (unpaired) electrons. The molecule has 9 nitrogen and oxygen atoms in total. The lowest BCUT2D eigenvalue weighted by Gasteiger charge is -2.33. The van der Waals surface area contributed by atoms with Crippen LogP contribution in [0.15, 0.2) is 61.1 Å². The molecule has 2 N–H and O–H groups in total. The van der Waals surface area contributed by atoms with Crippen LogP contribution in [0.2, 0.25) is 0 Å². The maximum absolute atomic E-state index is 13.0. The van der Waals surface area contributed by atoms with E-state index in [9.17, 15) is 4.79 Å². The van der Waals surface area contributed by atoms with Gasteiger partial charge in [-0.2, -0.15) is 0 Å². The lowest BCUT2D eigenvalue weighted by molar-refractivity contribution is 0.102. The Morgan fingerprint density at radius 3 is 2.64 bits per heavy atom. The maximum Gasteiger partial charge on any atom is 0.258 e. The number of aryl methyl sites for hydroxylation is 1. The van der Waals surface area contributed by atoms with Crippen LogP contribution in [0, 0.1) is 6.92 Å². The number of aromatic amines is 1. The standard InChI is InChI=1S/C27H26N8O/c1-17-11-21-12-22(16-29-25(21)31-17)18-3-4-20-15-30-27(32-23(20)13-18)33-26(36)19-5-6-28-24(14-19)35-9-7-34(2)8-10-35/h3-6,11-16H,7-10H2,1-2H3,(H,29,31)(H,30,32,33,36). The number of piperazine rings is 1. The minimum absolute atomic E-state index is 0.262. The van der Waals surface area contributed by atoms with E-state index >= 15 is 0 Å². The number of carbonyl (C=O) groups is 1. The molecule has 0 atom stereocenters. The van der Waals surface area contributed by atoms with Crippen molar-refractivity contribution in [3.63, 3.8) is 0 Å². The van der Waals surface area contributed by atoms with Crippen molar-refractivity contribution in [1.82, 2.24) is 29.8 Å². The monoisotopic (exact) mass is 478 g/mol. The van der Waals surface area contributed by atoms with E-state index in [0.717, 1.165) is 70.8 Å². The van der Waals surface area contributed by atoms with Gasteiger partial charge in [0.25, 0.3) is 5.91 Å². The van der Waals surface area contributed by atoms with Gasteiger partial charge in [0.15, 0.2) is 0 Å². The molecular formula is C27H26N8O. The van der Waals surface area contributed by atoms with Crippen molar-refractivity contribution in [2.24, 2.45) is 0 Å². The molecule has 180 valence electrons. The predicted molar refractivity (Wildman–Crippen MR) is 141 cm³/mol. The number of carbonyl (C=O) groups excluding carboxylic acids is 1. The van der Waals surface area contributed by atoms with Gasteiger partial charge in [0.05, 0.1) is 5.52 Å². The summed E-state index contributed by atoms with van der Waals surface area (Å²) in [6.07, 6.45) is 5.25. The Kier molecular flexibility index (Phi) is 5.54. The molecule has 9 heteroatoms. The van der Waals surface area contributed by atoms with Crippen molar-refractivity contribution in [3.05, 3.63) is 72.3 Å². The first-order chi connectivity index (χ1) is 17.5. The Bertz CT molecular complexity index is 1590. The Balaban J connectivity index is 1.24. The number of fused-ring (bicyclic) bond motifs is 2. The smallest absolute Gasteiger partial charge is 0.258 e. The van der Waals surface area contributed by atoms with Crippen molar-refractivity contribution in [3.8, 4) is 11.1 Å². The molecule has 4 aromatic heterocycles. The second-order valence-corrected chi connectivity index (χ2v) is 9.23. The van der Waals surface area contributed by atoms with Crippen LogP contribution < -0.4 is 10.2 Å². The minimum Gasteiger partial charge on any atom is -0.354 e. The molecular weight excluding hydrogens is 452 g/mol. The highest BCUT2D eigenvalue weighted by atomic mass is 16.1. The number of likely N-dealkylation sites (N-methyl/N-ethyl adjacent to an activating group) is 1. The first kappa shape index (κ1) is 22.1. The molecule has 1 aliphatic heterocycles. The normalized spacial score (nSPS) is 14.4. The summed E-state index contributed by atoms with van der Waals surface area (Å²) in [5.74, 6) is 0.807. The van der Waals surface area contributed by atoms with Crippen molar-refractivity contribution < 1.29 is 4.79 Å². The van der Waals surface area contributed by atoms with E-state index in [1.54, 1.807) is 18.5 Å². The number of hydrogen-bond acceptors (Lipinski definition) is 7. The van der Waals surface area contributed by atoms with Gasteiger partial charge in [0.2, 0.25) is 5.95 Å². The van der Waals surface area contributed by atoms with Crippen molar-refractivity contribution in [2.45, 2.75) is 6.92 Å². The predicted octanol–water partition coefficient (Wildman–Crippen LogP) is 3.88. The molecule has 1 aliphatic rings. The quantitative estimate of drug-likeness (QED) is 0.404. The summed E-state index contributed by atoms with van der Waals surface area (Å²) in [5.41, 5.74) is 5.22. The van der Waals surface area contributed by atoms with Gasteiger partial charge in [-0.15, -0.1) is 0 Å². The average Bonchev–Trinajstić information content (AvgIpc) is 3.28. The van der Waals surface area contributed by atoms with Crippen LogP contribution in [0.25, 0.3) is 33.1 Å². The number of aromatic nitrogens is 5. The molecule has 5 aromatic rings. The highest BCUT2D eigenvalue weighted by Gasteiger charge is 2.17. The number of benzene rings is 1. The van der Waals surface area contributed by atoms with Crippen molar-refractivity contribution in [1.29, 1.82) is 0 Å². The molecule has 1 amide bonds. The molecule has 1 fully saturated rings. The van der Waals surface area contributed by atoms with Gasteiger partial charge in [-0.05, 0) is 49.9 Å². The zero-order chi connectivity index (χ0) is 24.6. The Morgan fingerprint density at radius 2 is 1.78 bits per heavy atom. The summed E-state index contributed by atoms with van der Waals surface area (Å²) < 4.78 is 0. The summed E-state index contributed by atoms with van der Waals surface area (Å²) in [7, 11) is 2.11. The van der Waals surface area contributed by atoms with Gasteiger partial charge in [-0.25, -0.2) is 19.9 Å². The fraction of sp³-hybridized carbons (Fsp3) is 0.222. The maximum atomic E-state index is 13.0.